The maximum atomic E-state index is 14.0. The molecule has 1 fully saturated rings. The van der Waals surface area contributed by atoms with Crippen LogP contribution < -0.4 is 16.2 Å². The van der Waals surface area contributed by atoms with Crippen molar-refractivity contribution in [1.82, 2.24) is 9.88 Å². The zero-order chi connectivity index (χ0) is 28.2. The lowest BCUT2D eigenvalue weighted by Gasteiger charge is -2.30. The summed E-state index contributed by atoms with van der Waals surface area (Å²) in [4.78, 5) is 11.5. The summed E-state index contributed by atoms with van der Waals surface area (Å²) >= 11 is 12.4. The van der Waals surface area contributed by atoms with Crippen LogP contribution in [-0.4, -0.2) is 49.1 Å². The van der Waals surface area contributed by atoms with E-state index >= 15 is 0 Å². The molecule has 0 bridgehead atoms. The van der Waals surface area contributed by atoms with Crippen LogP contribution in [0.15, 0.2) is 35.6 Å². The second kappa shape index (κ2) is 16.0. The van der Waals surface area contributed by atoms with E-state index in [1.54, 1.807) is 25.4 Å². The van der Waals surface area contributed by atoms with Crippen LogP contribution in [0.3, 0.4) is 0 Å². The molecule has 1 saturated heterocycles. The monoisotopic (exact) mass is 562 g/mol. The third-order valence-electron chi connectivity index (χ3n) is 6.19. The fraction of sp³-hybridized carbons (Fsp3) is 0.500. The van der Waals surface area contributed by atoms with Gasteiger partial charge in [-0.05, 0) is 56.8 Å². The molecule has 10 heteroatoms. The SMILES string of the molecule is CC(C)CCN1CCC(N=C/C(=C\N)c2cnc(N)c(OC(C)c3c(Cl)ccc(F)c3Cl)c2)CC1.C[B]C. The number of halogens is 3. The number of pyridine rings is 1. The molecule has 1 aromatic heterocycles. The van der Waals surface area contributed by atoms with Crippen molar-refractivity contribution in [3.63, 3.8) is 0 Å². The van der Waals surface area contributed by atoms with Crippen molar-refractivity contribution in [2.24, 2.45) is 16.6 Å². The fourth-order valence-corrected chi connectivity index (χ4v) is 4.68. The average Bonchev–Trinajstić information content (AvgIpc) is 2.88. The van der Waals surface area contributed by atoms with Gasteiger partial charge >= 0.3 is 0 Å². The Morgan fingerprint density at radius 3 is 2.53 bits per heavy atom. The van der Waals surface area contributed by atoms with Gasteiger partial charge in [0.05, 0.1) is 11.1 Å². The predicted molar refractivity (Wildman–Crippen MR) is 161 cm³/mol. The lowest BCUT2D eigenvalue weighted by atomic mass is 9.88. The zero-order valence-electron chi connectivity index (χ0n) is 23.1. The second-order valence-electron chi connectivity index (χ2n) is 9.86. The molecular formula is C28H40BCl2FN5O. The first-order valence-corrected chi connectivity index (χ1v) is 13.8. The highest BCUT2D eigenvalue weighted by Crippen LogP contribution is 2.36. The molecule has 1 aliphatic rings. The molecule has 0 aliphatic carbocycles. The third kappa shape index (κ3) is 9.47. The van der Waals surface area contributed by atoms with Crippen LogP contribution in [0.4, 0.5) is 10.2 Å². The molecule has 4 N–H and O–H groups in total. The number of benzene rings is 1. The number of anilines is 1. The minimum atomic E-state index is -0.662. The number of ether oxygens (including phenoxy) is 1. The quantitative estimate of drug-likeness (QED) is 0.197. The van der Waals surface area contributed by atoms with Crippen LogP contribution in [0, 0.1) is 11.7 Å². The first kappa shape index (κ1) is 31.9. The minimum absolute atomic E-state index is 0.0855. The highest BCUT2D eigenvalue weighted by Gasteiger charge is 2.21. The summed E-state index contributed by atoms with van der Waals surface area (Å²) in [6.45, 7) is 13.5. The van der Waals surface area contributed by atoms with E-state index in [0.717, 1.165) is 38.4 Å². The molecule has 207 valence electrons. The summed E-state index contributed by atoms with van der Waals surface area (Å²) in [5.74, 6) is 0.650. The van der Waals surface area contributed by atoms with Crippen LogP contribution in [0.1, 0.15) is 57.3 Å². The van der Waals surface area contributed by atoms with E-state index < -0.39 is 11.9 Å². The van der Waals surface area contributed by atoms with Gasteiger partial charge in [0, 0.05) is 53.4 Å². The molecule has 1 unspecified atom stereocenters. The molecule has 2 aromatic rings. The van der Waals surface area contributed by atoms with Gasteiger partial charge in [-0.2, -0.15) is 0 Å². The Balaban J connectivity index is 0.00000161. The Morgan fingerprint density at radius 1 is 1.26 bits per heavy atom. The van der Waals surface area contributed by atoms with Gasteiger partial charge in [0.2, 0.25) is 0 Å². The number of rotatable bonds is 9. The first-order valence-electron chi connectivity index (χ1n) is 13.1. The summed E-state index contributed by atoms with van der Waals surface area (Å²) in [7, 11) is 2.00. The second-order valence-corrected chi connectivity index (χ2v) is 10.6. The maximum Gasteiger partial charge on any atom is 0.166 e. The number of nitrogen functional groups attached to an aromatic ring is 1. The molecule has 1 radical (unpaired) electrons. The van der Waals surface area contributed by atoms with E-state index in [-0.39, 0.29) is 16.9 Å². The topological polar surface area (TPSA) is 89.8 Å². The molecule has 2 heterocycles. The molecule has 1 aliphatic heterocycles. The Labute approximate surface area is 237 Å². The van der Waals surface area contributed by atoms with Crippen molar-refractivity contribution in [2.75, 3.05) is 25.4 Å². The first-order chi connectivity index (χ1) is 18.1. The Hall–Kier alpha value is -2.29. The van der Waals surface area contributed by atoms with Crippen LogP contribution in [0.5, 0.6) is 5.75 Å². The summed E-state index contributed by atoms with van der Waals surface area (Å²) in [5, 5.41) is 0.217. The van der Waals surface area contributed by atoms with Crippen molar-refractivity contribution in [2.45, 2.75) is 65.8 Å². The van der Waals surface area contributed by atoms with Crippen LogP contribution in [-0.2, 0) is 0 Å². The Morgan fingerprint density at radius 2 is 1.92 bits per heavy atom. The standard InChI is InChI=1S/C26H34Cl2FN5O.C2H6B/c1-16(2)6-9-34-10-7-20(8-11-34)32-15-19(13-30)18-12-23(26(31)33-14-18)35-17(3)24-21(27)4-5-22(29)25(24)28;1-3-2/h4-5,12-17,20H,6-11,30H2,1-3H3,(H2,31,33);1-2H3/b19-13+,32-15?;. The summed E-state index contributed by atoms with van der Waals surface area (Å²) in [6, 6.07) is 4.65. The number of hydrogen-bond donors (Lipinski definition) is 2. The van der Waals surface area contributed by atoms with Gasteiger partial charge in [-0.25, -0.2) is 9.37 Å². The van der Waals surface area contributed by atoms with Crippen molar-refractivity contribution >= 4 is 48.1 Å². The summed E-state index contributed by atoms with van der Waals surface area (Å²) < 4.78 is 19.9. The maximum absolute atomic E-state index is 14.0. The van der Waals surface area contributed by atoms with Crippen LogP contribution >= 0.6 is 23.2 Å². The molecule has 0 amide bonds. The molecule has 1 atom stereocenters. The summed E-state index contributed by atoms with van der Waals surface area (Å²) in [5.41, 5.74) is 13.7. The fourth-order valence-electron chi connectivity index (χ4n) is 4.00. The van der Waals surface area contributed by atoms with Gasteiger partial charge in [-0.15, -0.1) is 0 Å². The number of allylic oxidation sites excluding steroid dienone is 1. The van der Waals surface area contributed by atoms with E-state index in [2.05, 4.69) is 23.7 Å². The number of aliphatic imine (C=N–C) groups is 1. The lowest BCUT2D eigenvalue weighted by molar-refractivity contribution is 0.204. The van der Waals surface area contributed by atoms with Crippen molar-refractivity contribution in [3.05, 3.63) is 57.6 Å². The lowest BCUT2D eigenvalue weighted by Crippen LogP contribution is -2.36. The molecule has 6 nitrogen and oxygen atoms in total. The van der Waals surface area contributed by atoms with E-state index in [0.29, 0.717) is 27.5 Å². The number of nitrogens with two attached hydrogens (primary N) is 2. The van der Waals surface area contributed by atoms with Crippen LogP contribution in [0.25, 0.3) is 5.57 Å². The molecule has 1 aromatic carbocycles. The van der Waals surface area contributed by atoms with E-state index in [9.17, 15) is 4.39 Å². The zero-order valence-corrected chi connectivity index (χ0v) is 24.6. The van der Waals surface area contributed by atoms with Gasteiger partial charge in [-0.3, -0.25) is 4.99 Å². The van der Waals surface area contributed by atoms with Gasteiger partial charge in [0.15, 0.2) is 11.6 Å². The van der Waals surface area contributed by atoms with E-state index in [1.807, 2.05) is 20.9 Å². The van der Waals surface area contributed by atoms with Crippen molar-refractivity contribution < 1.29 is 9.13 Å². The Bertz CT molecular complexity index is 1090. The van der Waals surface area contributed by atoms with E-state index in [4.69, 9.17) is 44.4 Å². The highest BCUT2D eigenvalue weighted by molar-refractivity contribution is 6.36. The number of likely N-dealkylation sites (tertiary alicyclic amines) is 1. The smallest absolute Gasteiger partial charge is 0.166 e. The normalized spacial score (nSPS) is 15.9. The third-order valence-corrected chi connectivity index (χ3v) is 6.90. The van der Waals surface area contributed by atoms with Gasteiger partial charge in [0.1, 0.15) is 19.2 Å². The van der Waals surface area contributed by atoms with Crippen molar-refractivity contribution in [3.8, 4) is 5.75 Å². The minimum Gasteiger partial charge on any atom is -0.482 e. The van der Waals surface area contributed by atoms with Crippen LogP contribution in [0.2, 0.25) is 23.7 Å². The van der Waals surface area contributed by atoms with Gasteiger partial charge in [0.25, 0.3) is 0 Å². The summed E-state index contributed by atoms with van der Waals surface area (Å²) in [6.07, 6.45) is 7.50. The van der Waals surface area contributed by atoms with Gasteiger partial charge < -0.3 is 21.1 Å². The van der Waals surface area contributed by atoms with Crippen molar-refractivity contribution in [1.29, 1.82) is 0 Å². The Kier molecular flexibility index (Phi) is 13.4. The number of aromatic nitrogens is 1. The molecule has 3 rings (SSSR count). The molecule has 0 saturated carbocycles. The number of nitrogens with zero attached hydrogens (tertiary/aromatic N) is 3. The molecule has 0 spiro atoms. The predicted octanol–water partition coefficient (Wildman–Crippen LogP) is 6.92. The molecule has 38 heavy (non-hydrogen) atoms. The van der Waals surface area contributed by atoms with E-state index in [1.165, 1.54) is 24.8 Å². The molecular weight excluding hydrogens is 523 g/mol. The highest BCUT2D eigenvalue weighted by atomic mass is 35.5. The van der Waals surface area contributed by atoms with Gasteiger partial charge in [-0.1, -0.05) is 50.7 Å². The number of piperidine rings is 1. The average molecular weight is 563 g/mol. The largest absolute Gasteiger partial charge is 0.482 e. The number of hydrogen-bond acceptors (Lipinski definition) is 6.